The van der Waals surface area contributed by atoms with Gasteiger partial charge in [-0.2, -0.15) is 4.98 Å². The number of halogens is 1. The van der Waals surface area contributed by atoms with E-state index in [1.165, 1.54) is 0 Å². The molecular formula is C23H20ClN7. The van der Waals surface area contributed by atoms with Crippen molar-refractivity contribution < 1.29 is 0 Å². The summed E-state index contributed by atoms with van der Waals surface area (Å²) in [5, 5.41) is 1.48. The summed E-state index contributed by atoms with van der Waals surface area (Å²) in [4.78, 5) is 19.9. The van der Waals surface area contributed by atoms with Crippen molar-refractivity contribution in [3.8, 4) is 22.3 Å². The third-order valence-electron chi connectivity index (χ3n) is 6.40. The first kappa shape index (κ1) is 18.5. The van der Waals surface area contributed by atoms with E-state index in [1.807, 2.05) is 24.3 Å². The van der Waals surface area contributed by atoms with Crippen LogP contribution in [0.2, 0.25) is 5.02 Å². The summed E-state index contributed by atoms with van der Waals surface area (Å²) < 4.78 is 0. The predicted octanol–water partition coefficient (Wildman–Crippen LogP) is 3.38. The summed E-state index contributed by atoms with van der Waals surface area (Å²) in [6.45, 7) is 1.76. The zero-order valence-corrected chi connectivity index (χ0v) is 17.4. The number of hydrogen-bond acceptors (Lipinski definition) is 7. The Kier molecular flexibility index (Phi) is 4.09. The van der Waals surface area contributed by atoms with Gasteiger partial charge in [0.25, 0.3) is 0 Å². The van der Waals surface area contributed by atoms with Crippen LogP contribution in [-0.2, 0) is 0 Å². The molecule has 4 heterocycles. The van der Waals surface area contributed by atoms with E-state index in [1.54, 1.807) is 18.6 Å². The minimum absolute atomic E-state index is 0.209. The van der Waals surface area contributed by atoms with Gasteiger partial charge >= 0.3 is 0 Å². The van der Waals surface area contributed by atoms with E-state index >= 15 is 0 Å². The molecule has 2 fully saturated rings. The molecule has 0 bridgehead atoms. The van der Waals surface area contributed by atoms with Crippen molar-refractivity contribution in [2.75, 3.05) is 23.7 Å². The van der Waals surface area contributed by atoms with Crippen molar-refractivity contribution in [3.63, 3.8) is 0 Å². The van der Waals surface area contributed by atoms with Gasteiger partial charge in [-0.25, -0.2) is 9.97 Å². The number of hydrogen-bond donors (Lipinski definition) is 2. The fraction of sp³-hybridized carbons (Fsp3) is 0.217. The summed E-state index contributed by atoms with van der Waals surface area (Å²) in [6, 6.07) is 12.3. The number of nitrogen functional groups attached to an aromatic ring is 1. The second-order valence-electron chi connectivity index (χ2n) is 8.21. The smallest absolute Gasteiger partial charge is 0.222 e. The Morgan fingerprint density at radius 2 is 1.77 bits per heavy atom. The number of benzene rings is 1. The zero-order chi connectivity index (χ0) is 21.1. The van der Waals surface area contributed by atoms with Gasteiger partial charge < -0.3 is 16.4 Å². The van der Waals surface area contributed by atoms with E-state index in [9.17, 15) is 0 Å². The van der Waals surface area contributed by atoms with Gasteiger partial charge in [-0.15, -0.1) is 0 Å². The quantitative estimate of drug-likeness (QED) is 0.514. The van der Waals surface area contributed by atoms with Crippen LogP contribution >= 0.6 is 11.6 Å². The van der Waals surface area contributed by atoms with Gasteiger partial charge in [0, 0.05) is 59.3 Å². The van der Waals surface area contributed by atoms with Crippen LogP contribution in [0, 0.1) is 11.8 Å². The van der Waals surface area contributed by atoms with E-state index in [4.69, 9.17) is 28.1 Å². The van der Waals surface area contributed by atoms with Gasteiger partial charge in [0.05, 0.1) is 0 Å². The van der Waals surface area contributed by atoms with Crippen LogP contribution < -0.4 is 16.4 Å². The molecule has 31 heavy (non-hydrogen) atoms. The molecule has 0 amide bonds. The summed E-state index contributed by atoms with van der Waals surface area (Å²) >= 11 is 6.80. The third kappa shape index (κ3) is 3.00. The van der Waals surface area contributed by atoms with Gasteiger partial charge in [-0.1, -0.05) is 23.7 Å². The maximum absolute atomic E-state index is 6.80. The van der Waals surface area contributed by atoms with Gasteiger partial charge in [-0.3, -0.25) is 4.98 Å². The topological polar surface area (TPSA) is 107 Å². The number of rotatable bonds is 3. The summed E-state index contributed by atoms with van der Waals surface area (Å²) in [6.07, 6.45) is 5.27. The van der Waals surface area contributed by atoms with Gasteiger partial charge in [0.2, 0.25) is 5.95 Å². The second-order valence-corrected chi connectivity index (χ2v) is 8.62. The normalized spacial score (nSPS) is 22.0. The lowest BCUT2D eigenvalue weighted by molar-refractivity contribution is 0.737. The number of aromatic nitrogens is 4. The van der Waals surface area contributed by atoms with Crippen molar-refractivity contribution in [1.82, 2.24) is 19.9 Å². The molecule has 0 radical (unpaired) electrons. The van der Waals surface area contributed by atoms with Crippen molar-refractivity contribution in [2.24, 2.45) is 17.6 Å². The molecule has 3 aromatic heterocycles. The number of pyridine rings is 2. The third-order valence-corrected chi connectivity index (χ3v) is 6.72. The fourth-order valence-corrected chi connectivity index (χ4v) is 4.98. The molecule has 1 unspecified atom stereocenters. The van der Waals surface area contributed by atoms with Crippen LogP contribution in [0.15, 0.2) is 55.0 Å². The molecule has 1 aromatic carbocycles. The molecule has 1 saturated heterocycles. The van der Waals surface area contributed by atoms with Gasteiger partial charge in [0.15, 0.2) is 5.65 Å². The number of nitrogens with zero attached hydrogens (tertiary/aromatic N) is 5. The van der Waals surface area contributed by atoms with Crippen LogP contribution in [0.25, 0.3) is 33.3 Å². The van der Waals surface area contributed by atoms with Crippen molar-refractivity contribution in [1.29, 1.82) is 0 Å². The molecule has 1 aliphatic carbocycles. The molecule has 7 nitrogen and oxygen atoms in total. The van der Waals surface area contributed by atoms with E-state index in [2.05, 4.69) is 32.0 Å². The Hall–Kier alpha value is -3.29. The maximum atomic E-state index is 6.80. The molecule has 4 aromatic rings. The first-order chi connectivity index (χ1) is 15.1. The predicted molar refractivity (Wildman–Crippen MR) is 123 cm³/mol. The maximum Gasteiger partial charge on any atom is 0.222 e. The Labute approximate surface area is 184 Å². The lowest BCUT2D eigenvalue weighted by Gasteiger charge is -2.25. The highest BCUT2D eigenvalue weighted by Gasteiger charge is 2.54. The molecule has 2 aliphatic rings. The Morgan fingerprint density at radius 1 is 1.00 bits per heavy atom. The van der Waals surface area contributed by atoms with Gasteiger partial charge in [-0.05, 0) is 47.2 Å². The highest BCUT2D eigenvalue weighted by Crippen LogP contribution is 2.48. The van der Waals surface area contributed by atoms with E-state index < -0.39 is 0 Å². The van der Waals surface area contributed by atoms with Crippen molar-refractivity contribution in [2.45, 2.75) is 6.04 Å². The largest absolute Gasteiger partial charge is 0.368 e. The van der Waals surface area contributed by atoms with Crippen LogP contribution in [0.1, 0.15) is 0 Å². The highest BCUT2D eigenvalue weighted by molar-refractivity contribution is 6.34. The molecule has 6 rings (SSSR count). The van der Waals surface area contributed by atoms with E-state index in [0.29, 0.717) is 28.5 Å². The Balaban J connectivity index is 1.59. The molecule has 1 saturated carbocycles. The molecule has 4 N–H and O–H groups in total. The first-order valence-electron chi connectivity index (χ1n) is 10.2. The van der Waals surface area contributed by atoms with Crippen LogP contribution in [0.5, 0.6) is 0 Å². The summed E-state index contributed by atoms with van der Waals surface area (Å²) in [5.41, 5.74) is 16.5. The number of piperidine rings is 1. The summed E-state index contributed by atoms with van der Waals surface area (Å²) in [7, 11) is 0. The van der Waals surface area contributed by atoms with Crippen LogP contribution in [0.3, 0.4) is 0 Å². The molecular weight excluding hydrogens is 410 g/mol. The first-order valence-corrected chi connectivity index (χ1v) is 10.6. The lowest BCUT2D eigenvalue weighted by atomic mass is 9.94. The fourth-order valence-electron chi connectivity index (χ4n) is 4.71. The monoisotopic (exact) mass is 429 g/mol. The van der Waals surface area contributed by atoms with E-state index in [0.717, 1.165) is 46.5 Å². The minimum Gasteiger partial charge on any atom is -0.368 e. The lowest BCUT2D eigenvalue weighted by Crippen LogP contribution is -2.29. The van der Waals surface area contributed by atoms with Crippen LogP contribution in [-0.4, -0.2) is 39.1 Å². The van der Waals surface area contributed by atoms with Crippen molar-refractivity contribution in [3.05, 3.63) is 60.0 Å². The van der Waals surface area contributed by atoms with Crippen molar-refractivity contribution >= 4 is 34.4 Å². The Morgan fingerprint density at radius 3 is 2.55 bits per heavy atom. The average Bonchev–Trinajstić information content (AvgIpc) is 3.18. The number of fused-ring (bicyclic) bond motifs is 2. The number of anilines is 2. The van der Waals surface area contributed by atoms with E-state index in [-0.39, 0.29) is 5.95 Å². The molecule has 154 valence electrons. The molecule has 8 heteroatoms. The Bertz CT molecular complexity index is 1300. The molecule has 0 spiro atoms. The SMILES string of the molecule is Nc1ncc2cc(-c3c(Cl)cccc3-c3ccncc3)c(N3C[C@@H]4C(N)[C@@H]4C3)nc2n1. The molecule has 1 aliphatic heterocycles. The van der Waals surface area contributed by atoms with Gasteiger partial charge in [0.1, 0.15) is 5.82 Å². The minimum atomic E-state index is 0.209. The second kappa shape index (κ2) is 6.87. The summed E-state index contributed by atoms with van der Waals surface area (Å²) in [5.74, 6) is 2.10. The molecule has 3 atom stereocenters. The standard InChI is InChI=1S/C23H20ClN7/c24-18-3-1-2-14(12-4-6-27-7-5-12)19(18)15-8-13-9-28-23(26)30-21(13)29-22(15)31-10-16-17(11-31)20(16)25/h1-9,16-17,20H,10-11,25H2,(H2,26,28,29,30)/t16-,17+,20?. The average molecular weight is 430 g/mol. The number of nitrogens with two attached hydrogens (primary N) is 2. The zero-order valence-electron chi connectivity index (χ0n) is 16.6. The van der Waals surface area contributed by atoms with Crippen LogP contribution in [0.4, 0.5) is 11.8 Å². The highest BCUT2D eigenvalue weighted by atomic mass is 35.5.